The van der Waals surface area contributed by atoms with Crippen molar-refractivity contribution in [2.45, 2.75) is 65.0 Å². The first-order valence-electron chi connectivity index (χ1n) is 11.6. The number of carbonyl (C=O) groups excluding carboxylic acids is 1. The Hall–Kier alpha value is -2.18. The zero-order chi connectivity index (χ0) is 22.0. The number of rotatable bonds is 5. The van der Waals surface area contributed by atoms with Crippen LogP contribution in [0.5, 0.6) is 0 Å². The second-order valence-corrected chi connectivity index (χ2v) is 9.96. The number of aromatic nitrogens is 1. The average molecular weight is 425 g/mol. The Morgan fingerprint density at radius 3 is 2.74 bits per heavy atom. The predicted molar refractivity (Wildman–Crippen MR) is 125 cm³/mol. The molecule has 1 aliphatic carbocycles. The Bertz CT molecular complexity index is 927. The zero-order valence-corrected chi connectivity index (χ0v) is 19.3. The van der Waals surface area contributed by atoms with E-state index in [9.17, 15) is 4.79 Å². The third kappa shape index (κ3) is 4.85. The molecule has 31 heavy (non-hydrogen) atoms. The van der Waals surface area contributed by atoms with E-state index in [1.165, 1.54) is 10.9 Å². The molecule has 2 aliphatic rings. The van der Waals surface area contributed by atoms with Crippen LogP contribution in [-0.4, -0.2) is 43.2 Å². The fourth-order valence-electron chi connectivity index (χ4n) is 5.40. The van der Waals surface area contributed by atoms with Crippen LogP contribution >= 0.6 is 0 Å². The van der Waals surface area contributed by atoms with E-state index >= 15 is 0 Å². The molecule has 0 spiro atoms. The third-order valence-corrected chi connectivity index (χ3v) is 7.08. The van der Waals surface area contributed by atoms with Gasteiger partial charge in [0, 0.05) is 36.5 Å². The van der Waals surface area contributed by atoms with Crippen molar-refractivity contribution in [3.8, 4) is 0 Å². The quantitative estimate of drug-likeness (QED) is 0.711. The Kier molecular flexibility index (Phi) is 6.49. The second-order valence-electron chi connectivity index (χ2n) is 9.96. The van der Waals surface area contributed by atoms with Crippen LogP contribution in [0.3, 0.4) is 0 Å². The summed E-state index contributed by atoms with van der Waals surface area (Å²) in [5.74, 6) is 1.23. The minimum atomic E-state index is -0.121. The van der Waals surface area contributed by atoms with Crippen LogP contribution < -0.4 is 15.7 Å². The van der Waals surface area contributed by atoms with Gasteiger partial charge in [0.05, 0.1) is 12.6 Å². The number of hydroxylamine groups is 1. The number of amides is 1. The molecule has 0 radical (unpaired) electrons. The van der Waals surface area contributed by atoms with Crippen LogP contribution in [0.1, 0.15) is 51.5 Å². The Balaban J connectivity index is 1.42. The lowest BCUT2D eigenvalue weighted by molar-refractivity contribution is -0.130. The van der Waals surface area contributed by atoms with Crippen LogP contribution in [0.25, 0.3) is 10.9 Å². The van der Waals surface area contributed by atoms with Gasteiger partial charge in [0.25, 0.3) is 0 Å². The molecule has 2 aromatic rings. The fraction of sp³-hybridized carbons (Fsp3) is 0.600. The van der Waals surface area contributed by atoms with Gasteiger partial charge in [-0.05, 0) is 62.1 Å². The Labute approximate surface area is 185 Å². The van der Waals surface area contributed by atoms with Crippen molar-refractivity contribution >= 4 is 22.6 Å². The van der Waals surface area contributed by atoms with Crippen LogP contribution in [-0.2, 0) is 9.63 Å². The monoisotopic (exact) mass is 424 g/mol. The van der Waals surface area contributed by atoms with E-state index in [-0.39, 0.29) is 23.3 Å². The molecule has 2 fully saturated rings. The predicted octanol–water partition coefficient (Wildman–Crippen LogP) is 3.97. The zero-order valence-electron chi connectivity index (χ0n) is 19.3. The maximum absolute atomic E-state index is 13.2. The van der Waals surface area contributed by atoms with Crippen molar-refractivity contribution in [2.24, 2.45) is 11.3 Å². The van der Waals surface area contributed by atoms with Crippen molar-refractivity contribution in [2.75, 3.05) is 25.1 Å². The third-order valence-electron chi connectivity index (χ3n) is 7.08. The van der Waals surface area contributed by atoms with Crippen molar-refractivity contribution in [3.05, 3.63) is 35.9 Å². The van der Waals surface area contributed by atoms with Crippen LogP contribution in [0.15, 0.2) is 30.3 Å². The van der Waals surface area contributed by atoms with E-state index in [1.54, 1.807) is 7.11 Å². The number of aryl methyl sites for hydroxylation is 1. The summed E-state index contributed by atoms with van der Waals surface area (Å²) < 4.78 is 0. The number of fused-ring (bicyclic) bond motifs is 1. The first kappa shape index (κ1) is 22.0. The van der Waals surface area contributed by atoms with E-state index < -0.39 is 0 Å². The molecule has 1 aliphatic heterocycles. The molecule has 1 aromatic heterocycles. The minimum absolute atomic E-state index is 0.0155. The molecule has 3 atom stereocenters. The molecule has 1 saturated heterocycles. The molecule has 2 heterocycles. The van der Waals surface area contributed by atoms with Crippen molar-refractivity contribution in [1.29, 1.82) is 0 Å². The summed E-state index contributed by atoms with van der Waals surface area (Å²) in [5, 5.41) is 4.52. The average Bonchev–Trinajstić information content (AvgIpc) is 2.73. The molecule has 1 saturated carbocycles. The van der Waals surface area contributed by atoms with E-state index in [0.717, 1.165) is 56.5 Å². The van der Waals surface area contributed by atoms with Gasteiger partial charge in [-0.15, -0.1) is 0 Å². The van der Waals surface area contributed by atoms with Crippen molar-refractivity contribution < 1.29 is 9.63 Å². The summed E-state index contributed by atoms with van der Waals surface area (Å²) in [4.78, 5) is 25.6. The topological polar surface area (TPSA) is 66.5 Å². The number of piperidine rings is 1. The maximum atomic E-state index is 13.2. The summed E-state index contributed by atoms with van der Waals surface area (Å²) >= 11 is 0. The van der Waals surface area contributed by atoms with Gasteiger partial charge in [-0.1, -0.05) is 32.0 Å². The summed E-state index contributed by atoms with van der Waals surface area (Å²) in [6.07, 6.45) is 5.04. The number of benzene rings is 1. The fourth-order valence-corrected chi connectivity index (χ4v) is 5.40. The summed E-state index contributed by atoms with van der Waals surface area (Å²) in [5.41, 5.74) is 5.20. The second kappa shape index (κ2) is 9.13. The SMILES string of the molecule is CON[C@@H]1CCC[C@@H](NC(=O)[C@H]2CCN(c3ccc4cccc(C)c4n3)CC2(C)C)C1. The Morgan fingerprint density at radius 2 is 1.97 bits per heavy atom. The van der Waals surface area contributed by atoms with E-state index in [2.05, 4.69) is 66.8 Å². The molecule has 6 nitrogen and oxygen atoms in total. The molecule has 6 heteroatoms. The molecular formula is C25H36N4O2. The van der Waals surface area contributed by atoms with Gasteiger partial charge in [-0.25, -0.2) is 4.98 Å². The van der Waals surface area contributed by atoms with Gasteiger partial charge in [-0.2, -0.15) is 5.48 Å². The first-order valence-corrected chi connectivity index (χ1v) is 11.6. The maximum Gasteiger partial charge on any atom is 0.224 e. The summed E-state index contributed by atoms with van der Waals surface area (Å²) in [6, 6.07) is 11.1. The molecule has 1 amide bonds. The largest absolute Gasteiger partial charge is 0.356 e. The first-order chi connectivity index (χ1) is 14.9. The van der Waals surface area contributed by atoms with Gasteiger partial charge in [0.1, 0.15) is 5.82 Å². The van der Waals surface area contributed by atoms with Gasteiger partial charge in [-0.3, -0.25) is 4.79 Å². The number of nitrogens with one attached hydrogen (secondary N) is 2. The lowest BCUT2D eigenvalue weighted by Gasteiger charge is -2.44. The number of anilines is 1. The smallest absolute Gasteiger partial charge is 0.224 e. The number of pyridine rings is 1. The van der Waals surface area contributed by atoms with Crippen molar-refractivity contribution in [3.63, 3.8) is 0 Å². The van der Waals surface area contributed by atoms with Gasteiger partial charge in [0.15, 0.2) is 0 Å². The normalized spacial score (nSPS) is 26.1. The highest BCUT2D eigenvalue weighted by Gasteiger charge is 2.41. The van der Waals surface area contributed by atoms with Gasteiger partial charge >= 0.3 is 0 Å². The van der Waals surface area contributed by atoms with Crippen molar-refractivity contribution in [1.82, 2.24) is 15.8 Å². The van der Waals surface area contributed by atoms with Crippen LogP contribution in [0.4, 0.5) is 5.82 Å². The minimum Gasteiger partial charge on any atom is -0.356 e. The van der Waals surface area contributed by atoms with Crippen LogP contribution in [0, 0.1) is 18.3 Å². The molecule has 1 aromatic carbocycles. The Morgan fingerprint density at radius 1 is 1.16 bits per heavy atom. The van der Waals surface area contributed by atoms with E-state index in [0.29, 0.717) is 6.04 Å². The van der Waals surface area contributed by atoms with E-state index in [4.69, 9.17) is 9.82 Å². The molecule has 4 rings (SSSR count). The lowest BCUT2D eigenvalue weighted by atomic mass is 9.73. The highest BCUT2D eigenvalue weighted by Crippen LogP contribution is 2.37. The standard InChI is InChI=1S/C25H36N4O2/c1-17-7-5-8-18-11-12-22(27-23(17)18)29-14-13-21(25(2,3)16-29)24(30)26-19-9-6-10-20(15-19)28-31-4/h5,7-8,11-12,19-21,28H,6,9-10,13-16H2,1-4H3,(H,26,30)/t19-,20-,21-/m1/s1. The number of hydrogen-bond acceptors (Lipinski definition) is 5. The number of carbonyl (C=O) groups is 1. The molecule has 168 valence electrons. The molecule has 0 unspecified atom stereocenters. The molecular weight excluding hydrogens is 388 g/mol. The molecule has 2 N–H and O–H groups in total. The van der Waals surface area contributed by atoms with Crippen LogP contribution in [0.2, 0.25) is 0 Å². The number of para-hydroxylation sites is 1. The van der Waals surface area contributed by atoms with Gasteiger partial charge < -0.3 is 15.1 Å². The lowest BCUT2D eigenvalue weighted by Crippen LogP contribution is -2.53. The summed E-state index contributed by atoms with van der Waals surface area (Å²) in [7, 11) is 1.66. The molecule has 0 bridgehead atoms. The highest BCUT2D eigenvalue weighted by atomic mass is 16.6. The number of nitrogens with zero attached hydrogens (tertiary/aromatic N) is 2. The summed E-state index contributed by atoms with van der Waals surface area (Å²) in [6.45, 7) is 8.22. The van der Waals surface area contributed by atoms with E-state index in [1.807, 2.05) is 0 Å². The number of hydrogen-bond donors (Lipinski definition) is 2. The highest BCUT2D eigenvalue weighted by molar-refractivity contribution is 5.83. The van der Waals surface area contributed by atoms with Gasteiger partial charge in [0.2, 0.25) is 5.91 Å².